The molecule has 3 heterocycles. The molecule has 9 heteroatoms. The lowest BCUT2D eigenvalue weighted by atomic mass is 10.1. The molecule has 0 radical (unpaired) electrons. The van der Waals surface area contributed by atoms with Crippen LogP contribution in [-0.2, 0) is 16.6 Å². The van der Waals surface area contributed by atoms with Crippen LogP contribution in [0.4, 0.5) is 11.5 Å². The highest BCUT2D eigenvalue weighted by Crippen LogP contribution is 2.31. The molecule has 2 N–H and O–H groups in total. The molecular weight excluding hydrogens is 370 g/mol. The minimum atomic E-state index is -0.486. The number of carbonyl (C=O) groups is 2. The molecular formula is C20H27N7O2. The lowest BCUT2D eigenvalue weighted by Crippen LogP contribution is -2.49. The van der Waals surface area contributed by atoms with E-state index in [1.165, 1.54) is 0 Å². The third-order valence-electron chi connectivity index (χ3n) is 5.47. The van der Waals surface area contributed by atoms with Gasteiger partial charge in [-0.1, -0.05) is 0 Å². The predicted octanol–water partition coefficient (Wildman–Crippen LogP) is 0.773. The zero-order valence-corrected chi connectivity index (χ0v) is 16.8. The lowest BCUT2D eigenvalue weighted by Gasteiger charge is -2.35. The second-order valence-electron chi connectivity index (χ2n) is 7.65. The first kappa shape index (κ1) is 19.4. The van der Waals surface area contributed by atoms with Crippen molar-refractivity contribution in [1.29, 1.82) is 0 Å². The number of hydrogen-bond acceptors (Lipinski definition) is 6. The zero-order valence-electron chi connectivity index (χ0n) is 16.8. The molecule has 0 bridgehead atoms. The van der Waals surface area contributed by atoms with Crippen LogP contribution in [-0.4, -0.2) is 64.7 Å². The number of rotatable bonds is 6. The third kappa shape index (κ3) is 4.40. The Balaban J connectivity index is 1.33. The average Bonchev–Trinajstić information content (AvgIpc) is 3.50. The van der Waals surface area contributed by atoms with E-state index in [4.69, 9.17) is 0 Å². The minimum Gasteiger partial charge on any atom is -0.353 e. The smallest absolute Gasteiger partial charge is 0.246 e. The molecule has 9 nitrogen and oxygen atoms in total. The number of aromatic nitrogens is 3. The molecule has 1 aliphatic heterocycles. The summed E-state index contributed by atoms with van der Waals surface area (Å²) in [7, 11) is 3.56. The summed E-state index contributed by atoms with van der Waals surface area (Å²) < 4.78 is 1.67. The molecule has 154 valence electrons. The third-order valence-corrected chi connectivity index (χ3v) is 5.47. The maximum absolute atomic E-state index is 12.6. The Bertz CT molecular complexity index is 867. The number of nitrogens with zero attached hydrogens (tertiary/aromatic N) is 5. The van der Waals surface area contributed by atoms with Crippen LogP contribution in [0.15, 0.2) is 30.7 Å². The molecule has 2 aromatic heterocycles. The van der Waals surface area contributed by atoms with Crippen LogP contribution in [0.2, 0.25) is 0 Å². The van der Waals surface area contributed by atoms with Crippen molar-refractivity contribution in [2.45, 2.75) is 18.9 Å². The van der Waals surface area contributed by atoms with E-state index in [0.717, 1.165) is 50.4 Å². The molecule has 1 saturated heterocycles. The maximum atomic E-state index is 12.6. The van der Waals surface area contributed by atoms with Crippen molar-refractivity contribution in [2.24, 2.45) is 13.0 Å². The molecule has 1 aliphatic carbocycles. The molecule has 1 unspecified atom stereocenters. The highest BCUT2D eigenvalue weighted by molar-refractivity contribution is 5.95. The summed E-state index contributed by atoms with van der Waals surface area (Å²) in [6.07, 6.45) is 7.25. The highest BCUT2D eigenvalue weighted by Gasteiger charge is 2.34. The average molecular weight is 397 g/mol. The lowest BCUT2D eigenvalue weighted by molar-refractivity contribution is -0.132. The SMILES string of the molecule is CNC(C(=O)Nc1ccc(N2CCN(C(=O)C3CC3)CC2)nc1)c1cnn(C)c1. The summed E-state index contributed by atoms with van der Waals surface area (Å²) in [5.74, 6) is 1.28. The molecule has 2 amide bonds. The fraction of sp³-hybridized carbons (Fsp3) is 0.500. The summed E-state index contributed by atoms with van der Waals surface area (Å²) >= 11 is 0. The van der Waals surface area contributed by atoms with Gasteiger partial charge in [0.2, 0.25) is 11.8 Å². The molecule has 29 heavy (non-hydrogen) atoms. The Morgan fingerprint density at radius 3 is 2.45 bits per heavy atom. The largest absolute Gasteiger partial charge is 0.353 e. The molecule has 2 aliphatic rings. The minimum absolute atomic E-state index is 0.165. The van der Waals surface area contributed by atoms with Crippen LogP contribution < -0.4 is 15.5 Å². The molecule has 2 fully saturated rings. The molecule has 1 atom stereocenters. The first-order valence-corrected chi connectivity index (χ1v) is 10.0. The van der Waals surface area contributed by atoms with Gasteiger partial charge in [0.1, 0.15) is 11.9 Å². The summed E-state index contributed by atoms with van der Waals surface area (Å²) in [6, 6.07) is 3.28. The Kier molecular flexibility index (Phi) is 5.48. The molecule has 0 aromatic carbocycles. The van der Waals surface area contributed by atoms with Crippen LogP contribution >= 0.6 is 0 Å². The summed E-state index contributed by atoms with van der Waals surface area (Å²) in [6.45, 7) is 3.04. The van der Waals surface area contributed by atoms with Crippen molar-refractivity contribution in [3.63, 3.8) is 0 Å². The molecule has 4 rings (SSSR count). The maximum Gasteiger partial charge on any atom is 0.246 e. The summed E-state index contributed by atoms with van der Waals surface area (Å²) in [5.41, 5.74) is 1.45. The molecule has 2 aromatic rings. The van der Waals surface area contributed by atoms with Gasteiger partial charge in [-0.15, -0.1) is 0 Å². The van der Waals surface area contributed by atoms with Crippen LogP contribution in [0.3, 0.4) is 0 Å². The fourth-order valence-electron chi connectivity index (χ4n) is 3.64. The second kappa shape index (κ2) is 8.20. The molecule has 0 spiro atoms. The summed E-state index contributed by atoms with van der Waals surface area (Å²) in [4.78, 5) is 33.4. The first-order chi connectivity index (χ1) is 14.0. The van der Waals surface area contributed by atoms with Gasteiger partial charge < -0.3 is 20.4 Å². The number of carbonyl (C=O) groups excluding carboxylic acids is 2. The van der Waals surface area contributed by atoms with Gasteiger partial charge >= 0.3 is 0 Å². The van der Waals surface area contributed by atoms with Gasteiger partial charge in [-0.05, 0) is 32.0 Å². The van der Waals surface area contributed by atoms with Crippen LogP contribution in [0.1, 0.15) is 24.4 Å². The number of anilines is 2. The monoisotopic (exact) mass is 397 g/mol. The zero-order chi connectivity index (χ0) is 20.4. The summed E-state index contributed by atoms with van der Waals surface area (Å²) in [5, 5.41) is 10.0. The van der Waals surface area contributed by atoms with Crippen molar-refractivity contribution >= 4 is 23.3 Å². The van der Waals surface area contributed by atoms with Crippen molar-refractivity contribution < 1.29 is 9.59 Å². The number of likely N-dealkylation sites (N-methyl/N-ethyl adjacent to an activating group) is 1. The van der Waals surface area contributed by atoms with E-state index < -0.39 is 6.04 Å². The number of aryl methyl sites for hydroxylation is 1. The van der Waals surface area contributed by atoms with Gasteiger partial charge in [0.15, 0.2) is 0 Å². The Hall–Kier alpha value is -2.94. The van der Waals surface area contributed by atoms with Crippen LogP contribution in [0.25, 0.3) is 0 Å². The Morgan fingerprint density at radius 1 is 1.14 bits per heavy atom. The molecule has 1 saturated carbocycles. The van der Waals surface area contributed by atoms with Gasteiger partial charge in [-0.25, -0.2) is 4.98 Å². The van der Waals surface area contributed by atoms with Crippen LogP contribution in [0.5, 0.6) is 0 Å². The van der Waals surface area contributed by atoms with E-state index in [1.807, 2.05) is 30.3 Å². The van der Waals surface area contributed by atoms with Gasteiger partial charge in [-0.2, -0.15) is 5.10 Å². The van der Waals surface area contributed by atoms with E-state index in [0.29, 0.717) is 11.6 Å². The van der Waals surface area contributed by atoms with Gasteiger partial charge in [-0.3, -0.25) is 14.3 Å². The van der Waals surface area contributed by atoms with E-state index in [9.17, 15) is 9.59 Å². The van der Waals surface area contributed by atoms with Gasteiger partial charge in [0.05, 0.1) is 18.1 Å². The number of hydrogen-bond donors (Lipinski definition) is 2. The second-order valence-corrected chi connectivity index (χ2v) is 7.65. The first-order valence-electron chi connectivity index (χ1n) is 10.0. The van der Waals surface area contributed by atoms with E-state index >= 15 is 0 Å². The Labute approximate surface area is 170 Å². The van der Waals surface area contributed by atoms with Crippen molar-refractivity contribution in [3.8, 4) is 0 Å². The number of piperazine rings is 1. The predicted molar refractivity (Wildman–Crippen MR) is 109 cm³/mol. The standard InChI is InChI=1S/C20H27N7O2/c1-21-18(15-11-23-25(2)13-15)19(28)24-16-5-6-17(22-12-16)26-7-9-27(10-8-26)20(29)14-3-4-14/h5-6,11-14,18,21H,3-4,7-10H2,1-2H3,(H,24,28). The van der Waals surface area contributed by atoms with E-state index in [-0.39, 0.29) is 11.8 Å². The van der Waals surface area contributed by atoms with Crippen molar-refractivity contribution in [3.05, 3.63) is 36.3 Å². The van der Waals surface area contributed by atoms with E-state index in [2.05, 4.69) is 25.6 Å². The van der Waals surface area contributed by atoms with Crippen molar-refractivity contribution in [2.75, 3.05) is 43.4 Å². The number of amides is 2. The Morgan fingerprint density at radius 2 is 1.90 bits per heavy atom. The topological polar surface area (TPSA) is 95.4 Å². The quantitative estimate of drug-likeness (QED) is 0.748. The highest BCUT2D eigenvalue weighted by atomic mass is 16.2. The number of pyridine rings is 1. The fourth-order valence-corrected chi connectivity index (χ4v) is 3.64. The number of nitrogens with one attached hydrogen (secondary N) is 2. The van der Waals surface area contributed by atoms with Crippen LogP contribution in [0, 0.1) is 5.92 Å². The van der Waals surface area contributed by atoms with Gasteiger partial charge in [0, 0.05) is 50.9 Å². The van der Waals surface area contributed by atoms with E-state index in [1.54, 1.807) is 24.1 Å². The van der Waals surface area contributed by atoms with Gasteiger partial charge in [0.25, 0.3) is 0 Å². The van der Waals surface area contributed by atoms with Crippen molar-refractivity contribution in [1.82, 2.24) is 25.0 Å². The normalized spacial score (nSPS) is 17.9.